The molecule has 2 amide bonds. The van der Waals surface area contributed by atoms with Crippen LogP contribution in [0.25, 0.3) is 0 Å². The molecule has 0 unspecified atom stereocenters. The van der Waals surface area contributed by atoms with Crippen molar-refractivity contribution in [2.75, 3.05) is 26.2 Å². The molecule has 2 aliphatic rings. The second-order valence-electron chi connectivity index (χ2n) is 7.12. The van der Waals surface area contributed by atoms with Crippen LogP contribution in [0, 0.1) is 6.92 Å². The predicted molar refractivity (Wildman–Crippen MR) is 100 cm³/mol. The maximum absolute atomic E-state index is 12.9. The lowest BCUT2D eigenvalue weighted by atomic mass is 10.1. The summed E-state index contributed by atoms with van der Waals surface area (Å²) < 4.78 is 5.74. The number of carbonyl (C=O) groups excluding carboxylic acids is 2. The van der Waals surface area contributed by atoms with Crippen LogP contribution in [0.4, 0.5) is 0 Å². The maximum Gasteiger partial charge on any atom is 0.272 e. The van der Waals surface area contributed by atoms with Crippen molar-refractivity contribution in [2.24, 2.45) is 0 Å². The van der Waals surface area contributed by atoms with Crippen LogP contribution in [-0.4, -0.2) is 65.0 Å². The van der Waals surface area contributed by atoms with Gasteiger partial charge in [0, 0.05) is 25.8 Å². The Morgan fingerprint density at radius 2 is 2.00 bits per heavy atom. The summed E-state index contributed by atoms with van der Waals surface area (Å²) in [6.07, 6.45) is 2.30. The van der Waals surface area contributed by atoms with Gasteiger partial charge in [0.15, 0.2) is 0 Å². The molecular weight excluding hydrogens is 342 g/mol. The number of aryl methyl sites for hydroxylation is 1. The lowest BCUT2D eigenvalue weighted by Crippen LogP contribution is -2.54. The maximum atomic E-state index is 12.9. The van der Waals surface area contributed by atoms with Crippen LogP contribution >= 0.6 is 0 Å². The Bertz CT molecular complexity index is 840. The summed E-state index contributed by atoms with van der Waals surface area (Å²) in [6, 6.07) is 13.7. The Kier molecular flexibility index (Phi) is 4.90. The van der Waals surface area contributed by atoms with Gasteiger partial charge in [-0.25, -0.2) is 0 Å². The number of aromatic nitrogens is 1. The third-order valence-corrected chi connectivity index (χ3v) is 5.36. The van der Waals surface area contributed by atoms with Crippen LogP contribution in [0.5, 0.6) is 0 Å². The molecule has 2 saturated heterocycles. The van der Waals surface area contributed by atoms with Gasteiger partial charge >= 0.3 is 0 Å². The van der Waals surface area contributed by atoms with Crippen LogP contribution in [0.2, 0.25) is 0 Å². The molecular formula is C21H23N3O3. The number of ether oxygens (including phenoxy) is 1. The Hall–Kier alpha value is -2.73. The zero-order valence-electron chi connectivity index (χ0n) is 15.4. The van der Waals surface area contributed by atoms with E-state index in [1.165, 1.54) is 5.56 Å². The molecule has 3 heterocycles. The Balaban J connectivity index is 1.47. The van der Waals surface area contributed by atoms with Crippen molar-refractivity contribution < 1.29 is 14.3 Å². The standard InChI is InChI=1S/C21H23N3O3/c1-15-6-5-10-22-20(15)21(26)23-12-17-18(13-23)27-14-19(25)24(17)11-9-16-7-3-2-4-8-16/h2-8,10,17-18H,9,11-14H2,1H3/t17-,18-/m0/s1. The highest BCUT2D eigenvalue weighted by Gasteiger charge is 2.44. The average Bonchev–Trinajstić information content (AvgIpc) is 3.12. The van der Waals surface area contributed by atoms with Gasteiger partial charge in [-0.2, -0.15) is 0 Å². The topological polar surface area (TPSA) is 62.7 Å². The normalized spacial score (nSPS) is 22.0. The van der Waals surface area contributed by atoms with Gasteiger partial charge in [0.1, 0.15) is 12.3 Å². The van der Waals surface area contributed by atoms with Crippen LogP contribution < -0.4 is 0 Å². The first kappa shape index (κ1) is 17.7. The fourth-order valence-corrected chi connectivity index (χ4v) is 3.88. The van der Waals surface area contributed by atoms with Crippen molar-refractivity contribution in [3.05, 3.63) is 65.5 Å². The molecule has 2 aliphatic heterocycles. The smallest absolute Gasteiger partial charge is 0.272 e. The Morgan fingerprint density at radius 3 is 2.78 bits per heavy atom. The van der Waals surface area contributed by atoms with Gasteiger partial charge in [-0.1, -0.05) is 36.4 Å². The van der Waals surface area contributed by atoms with Crippen LogP contribution in [-0.2, 0) is 16.0 Å². The summed E-state index contributed by atoms with van der Waals surface area (Å²) in [5.74, 6) is -0.0999. The van der Waals surface area contributed by atoms with E-state index in [1.54, 1.807) is 11.1 Å². The van der Waals surface area contributed by atoms with Crippen molar-refractivity contribution in [2.45, 2.75) is 25.5 Å². The third-order valence-electron chi connectivity index (χ3n) is 5.36. The van der Waals surface area contributed by atoms with E-state index in [9.17, 15) is 9.59 Å². The minimum Gasteiger partial charge on any atom is -0.364 e. The Labute approximate surface area is 158 Å². The third kappa shape index (κ3) is 3.57. The number of carbonyl (C=O) groups is 2. The number of amides is 2. The highest BCUT2D eigenvalue weighted by atomic mass is 16.5. The highest BCUT2D eigenvalue weighted by Crippen LogP contribution is 2.25. The molecule has 1 aromatic carbocycles. The minimum absolute atomic E-state index is 0.00417. The van der Waals surface area contributed by atoms with Gasteiger partial charge in [0.2, 0.25) is 5.91 Å². The molecule has 0 aliphatic carbocycles. The summed E-state index contributed by atoms with van der Waals surface area (Å²) in [5.41, 5.74) is 2.52. The van der Waals surface area contributed by atoms with Gasteiger partial charge in [0.25, 0.3) is 5.91 Å². The zero-order chi connectivity index (χ0) is 18.8. The van der Waals surface area contributed by atoms with Crippen LogP contribution in [0.3, 0.4) is 0 Å². The minimum atomic E-state index is -0.133. The van der Waals surface area contributed by atoms with Crippen molar-refractivity contribution in [3.8, 4) is 0 Å². The first-order chi connectivity index (χ1) is 13.1. The van der Waals surface area contributed by atoms with Crippen LogP contribution in [0.1, 0.15) is 21.6 Å². The molecule has 27 heavy (non-hydrogen) atoms. The van der Waals surface area contributed by atoms with Gasteiger partial charge in [-0.3, -0.25) is 14.6 Å². The quantitative estimate of drug-likeness (QED) is 0.827. The molecule has 0 bridgehead atoms. The molecule has 0 spiro atoms. The van der Waals surface area contributed by atoms with E-state index >= 15 is 0 Å². The van der Waals surface area contributed by atoms with E-state index in [-0.39, 0.29) is 30.6 Å². The number of hydrogen-bond acceptors (Lipinski definition) is 4. The number of nitrogens with zero attached hydrogens (tertiary/aromatic N) is 3. The summed E-state index contributed by atoms with van der Waals surface area (Å²) in [7, 11) is 0. The molecule has 6 nitrogen and oxygen atoms in total. The first-order valence-electron chi connectivity index (χ1n) is 9.29. The van der Waals surface area contributed by atoms with Crippen molar-refractivity contribution >= 4 is 11.8 Å². The van der Waals surface area contributed by atoms with E-state index < -0.39 is 0 Å². The van der Waals surface area contributed by atoms with Crippen molar-refractivity contribution in [1.29, 1.82) is 0 Å². The number of fused-ring (bicyclic) bond motifs is 1. The predicted octanol–water partition coefficient (Wildman–Crippen LogP) is 1.68. The van der Waals surface area contributed by atoms with Gasteiger partial charge in [-0.15, -0.1) is 0 Å². The molecule has 140 valence electrons. The Morgan fingerprint density at radius 1 is 1.19 bits per heavy atom. The number of pyridine rings is 1. The lowest BCUT2D eigenvalue weighted by Gasteiger charge is -2.36. The summed E-state index contributed by atoms with van der Waals surface area (Å²) in [4.78, 5) is 33.2. The van der Waals surface area contributed by atoms with E-state index in [0.29, 0.717) is 25.3 Å². The number of rotatable bonds is 4. The molecule has 4 rings (SSSR count). The first-order valence-corrected chi connectivity index (χ1v) is 9.29. The largest absolute Gasteiger partial charge is 0.364 e. The van der Waals surface area contributed by atoms with Crippen molar-refractivity contribution in [1.82, 2.24) is 14.8 Å². The van der Waals surface area contributed by atoms with Gasteiger partial charge < -0.3 is 14.5 Å². The fourth-order valence-electron chi connectivity index (χ4n) is 3.88. The van der Waals surface area contributed by atoms with E-state index in [1.807, 2.05) is 42.2 Å². The molecule has 6 heteroatoms. The summed E-state index contributed by atoms with van der Waals surface area (Å²) in [6.45, 7) is 3.59. The van der Waals surface area contributed by atoms with Crippen molar-refractivity contribution in [3.63, 3.8) is 0 Å². The van der Waals surface area contributed by atoms with E-state index in [2.05, 4.69) is 17.1 Å². The van der Waals surface area contributed by atoms with Gasteiger partial charge in [-0.05, 0) is 30.5 Å². The van der Waals surface area contributed by atoms with E-state index in [0.717, 1.165) is 12.0 Å². The molecule has 2 fully saturated rings. The van der Waals surface area contributed by atoms with Crippen LogP contribution in [0.15, 0.2) is 48.7 Å². The zero-order valence-corrected chi connectivity index (χ0v) is 15.4. The summed E-state index contributed by atoms with van der Waals surface area (Å²) in [5, 5.41) is 0. The SMILES string of the molecule is Cc1cccnc1C(=O)N1C[C@@H]2OCC(=O)N(CCc3ccccc3)[C@H]2C1. The molecule has 0 saturated carbocycles. The molecule has 2 atom stereocenters. The lowest BCUT2D eigenvalue weighted by molar-refractivity contribution is -0.152. The highest BCUT2D eigenvalue weighted by molar-refractivity contribution is 5.94. The molecule has 0 radical (unpaired) electrons. The van der Waals surface area contributed by atoms with Gasteiger partial charge in [0.05, 0.1) is 12.1 Å². The second-order valence-corrected chi connectivity index (χ2v) is 7.12. The molecule has 2 aromatic rings. The number of hydrogen-bond donors (Lipinski definition) is 0. The monoisotopic (exact) mass is 365 g/mol. The number of likely N-dealkylation sites (tertiary alicyclic amines) is 1. The average molecular weight is 365 g/mol. The number of morpholine rings is 1. The fraction of sp³-hybridized carbons (Fsp3) is 0.381. The van der Waals surface area contributed by atoms with E-state index in [4.69, 9.17) is 4.74 Å². The summed E-state index contributed by atoms with van der Waals surface area (Å²) >= 11 is 0. The molecule has 1 aromatic heterocycles. The number of benzene rings is 1. The second kappa shape index (κ2) is 7.48. The molecule has 0 N–H and O–H groups in total.